The van der Waals surface area contributed by atoms with Crippen molar-refractivity contribution in [3.05, 3.63) is 0 Å². The van der Waals surface area contributed by atoms with Crippen molar-refractivity contribution in [2.24, 2.45) is 11.8 Å². The Morgan fingerprint density at radius 1 is 1.11 bits per heavy atom. The van der Waals surface area contributed by atoms with Crippen molar-refractivity contribution in [1.82, 2.24) is 0 Å². The summed E-state index contributed by atoms with van der Waals surface area (Å²) in [6, 6.07) is 0. The second kappa shape index (κ2) is 7.70. The lowest BCUT2D eigenvalue weighted by molar-refractivity contribution is -0.344. The van der Waals surface area contributed by atoms with Crippen molar-refractivity contribution in [2.45, 2.75) is 51.4 Å². The molecule has 1 aliphatic carbocycles. The van der Waals surface area contributed by atoms with Crippen LogP contribution in [0.25, 0.3) is 0 Å². The molecule has 0 radical (unpaired) electrons. The smallest absolute Gasteiger partial charge is 0.494 e. The summed E-state index contributed by atoms with van der Waals surface area (Å²) >= 11 is 0. The average molecular weight is 312 g/mol. The number of hydrogen-bond acceptors (Lipinski definition) is 7. The van der Waals surface area contributed by atoms with Gasteiger partial charge in [-0.1, -0.05) is 41.7 Å². The molecule has 1 rings (SSSR count). The van der Waals surface area contributed by atoms with E-state index in [-0.39, 0.29) is 5.92 Å². The van der Waals surface area contributed by atoms with Crippen LogP contribution < -0.4 is 9.79 Å². The standard InChI is InChI=1S/C10H18O7P2/c1-8(9-6-4-2-3-5-7-9)10(11,16-18(12)13)17-19(14)15/h8-9,11H,2-7H2,1H3. The maximum absolute atomic E-state index is 10.6. The van der Waals surface area contributed by atoms with Gasteiger partial charge in [-0.25, -0.2) is 0 Å². The Morgan fingerprint density at radius 2 is 1.53 bits per heavy atom. The van der Waals surface area contributed by atoms with Crippen LogP contribution in [-0.2, 0) is 18.2 Å². The highest BCUT2D eigenvalue weighted by atomic mass is 31.1. The Morgan fingerprint density at radius 3 is 1.89 bits per heavy atom. The SMILES string of the molecule is CC(C1CCCCCC1)C(O)(O[P+](=O)[O-])O[P+](=O)[O-]. The fourth-order valence-electron chi connectivity index (χ4n) is 2.51. The number of rotatable bonds is 6. The Balaban J connectivity index is 2.81. The number of aliphatic hydroxyl groups is 1. The quantitative estimate of drug-likeness (QED) is 0.446. The van der Waals surface area contributed by atoms with E-state index in [2.05, 4.69) is 9.05 Å². The molecule has 0 amide bonds. The molecule has 3 atom stereocenters. The van der Waals surface area contributed by atoms with E-state index >= 15 is 0 Å². The first kappa shape index (κ1) is 17.1. The molecule has 3 unspecified atom stereocenters. The first-order chi connectivity index (χ1) is 8.85. The lowest BCUT2D eigenvalue weighted by atomic mass is 9.86. The minimum Gasteiger partial charge on any atom is -0.566 e. The van der Waals surface area contributed by atoms with E-state index in [1.54, 1.807) is 0 Å². The van der Waals surface area contributed by atoms with Crippen molar-refractivity contribution >= 4 is 16.5 Å². The zero-order valence-electron chi connectivity index (χ0n) is 10.7. The molecule has 0 saturated heterocycles. The topological polar surface area (TPSA) is 119 Å². The Bertz CT molecular complexity index is 312. The molecule has 0 spiro atoms. The van der Waals surface area contributed by atoms with Gasteiger partial charge in [0.15, 0.2) is 0 Å². The first-order valence-corrected chi connectivity index (χ1v) is 8.43. The molecular weight excluding hydrogens is 294 g/mol. The van der Waals surface area contributed by atoms with Crippen molar-refractivity contribution in [3.8, 4) is 0 Å². The third kappa shape index (κ3) is 5.48. The van der Waals surface area contributed by atoms with Crippen LogP contribution in [-0.4, -0.2) is 11.1 Å². The van der Waals surface area contributed by atoms with Crippen molar-refractivity contribution in [1.29, 1.82) is 0 Å². The van der Waals surface area contributed by atoms with Crippen LogP contribution in [0, 0.1) is 11.8 Å². The molecule has 0 heterocycles. The molecule has 0 aliphatic heterocycles. The van der Waals surface area contributed by atoms with Gasteiger partial charge in [0.2, 0.25) is 0 Å². The maximum Gasteiger partial charge on any atom is 0.494 e. The van der Waals surface area contributed by atoms with Gasteiger partial charge in [0.25, 0.3) is 0 Å². The fourth-order valence-corrected chi connectivity index (χ4v) is 3.40. The summed E-state index contributed by atoms with van der Waals surface area (Å²) in [4.78, 5) is 21.3. The van der Waals surface area contributed by atoms with E-state index in [0.29, 0.717) is 0 Å². The van der Waals surface area contributed by atoms with Gasteiger partial charge in [-0.05, 0) is 27.9 Å². The van der Waals surface area contributed by atoms with Gasteiger partial charge in [-0.15, -0.1) is 0 Å². The molecule has 1 aliphatic rings. The number of hydrogen-bond donors (Lipinski definition) is 1. The lowest BCUT2D eigenvalue weighted by Gasteiger charge is -2.30. The summed E-state index contributed by atoms with van der Waals surface area (Å²) in [5.41, 5.74) is 0. The zero-order valence-corrected chi connectivity index (χ0v) is 12.5. The highest BCUT2D eigenvalue weighted by molar-refractivity contribution is 7.31. The molecule has 1 saturated carbocycles. The predicted octanol–water partition coefficient (Wildman–Crippen LogP) is 1.31. The largest absolute Gasteiger partial charge is 0.566 e. The van der Waals surface area contributed by atoms with Gasteiger partial charge in [0.1, 0.15) is 0 Å². The van der Waals surface area contributed by atoms with Gasteiger partial charge in [0, 0.05) is 5.92 Å². The molecule has 0 aromatic heterocycles. The molecule has 0 aromatic carbocycles. The third-order valence-corrected chi connectivity index (χ3v) is 4.41. The predicted molar refractivity (Wildman–Crippen MR) is 62.7 cm³/mol. The van der Waals surface area contributed by atoms with Crippen molar-refractivity contribution in [2.75, 3.05) is 0 Å². The minimum atomic E-state index is -3.42. The molecule has 9 heteroatoms. The normalized spacial score (nSPS) is 24.2. The molecule has 0 bridgehead atoms. The highest BCUT2D eigenvalue weighted by Crippen LogP contribution is 2.41. The Kier molecular flexibility index (Phi) is 6.91. The summed E-state index contributed by atoms with van der Waals surface area (Å²) in [5, 5.41) is 10.1. The molecular formula is C10H18O7P2. The maximum atomic E-state index is 10.6. The van der Waals surface area contributed by atoms with Crippen LogP contribution in [0.1, 0.15) is 45.4 Å². The van der Waals surface area contributed by atoms with Gasteiger partial charge in [0.05, 0.1) is 0 Å². The van der Waals surface area contributed by atoms with Crippen LogP contribution >= 0.6 is 16.5 Å². The minimum absolute atomic E-state index is 0.0441. The van der Waals surface area contributed by atoms with Crippen LogP contribution in [0.2, 0.25) is 0 Å². The van der Waals surface area contributed by atoms with Gasteiger partial charge >= 0.3 is 22.5 Å². The van der Waals surface area contributed by atoms with Crippen LogP contribution in [0.4, 0.5) is 0 Å². The second-order valence-corrected chi connectivity index (χ2v) is 6.06. The summed E-state index contributed by atoms with van der Waals surface area (Å²) in [6.07, 6.45) is 5.63. The molecule has 110 valence electrons. The summed E-state index contributed by atoms with van der Waals surface area (Å²) in [7, 11) is -6.84. The van der Waals surface area contributed by atoms with Crippen LogP contribution in [0.5, 0.6) is 0 Å². The molecule has 7 nitrogen and oxygen atoms in total. The lowest BCUT2D eigenvalue weighted by Crippen LogP contribution is -2.43. The van der Waals surface area contributed by atoms with E-state index in [4.69, 9.17) is 0 Å². The van der Waals surface area contributed by atoms with E-state index in [0.717, 1.165) is 38.5 Å². The third-order valence-electron chi connectivity index (χ3n) is 3.59. The fraction of sp³-hybridized carbons (Fsp3) is 1.00. The molecule has 1 N–H and O–H groups in total. The van der Waals surface area contributed by atoms with E-state index in [1.165, 1.54) is 6.92 Å². The summed E-state index contributed by atoms with van der Waals surface area (Å²) < 4.78 is 29.9. The monoisotopic (exact) mass is 312 g/mol. The van der Waals surface area contributed by atoms with Crippen LogP contribution in [0.3, 0.4) is 0 Å². The molecule has 19 heavy (non-hydrogen) atoms. The van der Waals surface area contributed by atoms with E-state index < -0.39 is 28.4 Å². The van der Waals surface area contributed by atoms with Gasteiger partial charge in [-0.3, -0.25) is 0 Å². The second-order valence-electron chi connectivity index (χ2n) is 4.80. The first-order valence-electron chi connectivity index (χ1n) is 6.24. The summed E-state index contributed by atoms with van der Waals surface area (Å²) in [5.74, 6) is -3.44. The summed E-state index contributed by atoms with van der Waals surface area (Å²) in [6.45, 7) is 1.54. The Labute approximate surface area is 113 Å². The zero-order chi connectivity index (χ0) is 14.5. The van der Waals surface area contributed by atoms with Crippen molar-refractivity contribution < 1.29 is 33.1 Å². The Hall–Kier alpha value is -0.0000000000000000763. The highest BCUT2D eigenvalue weighted by Gasteiger charge is 2.50. The van der Waals surface area contributed by atoms with Crippen LogP contribution in [0.15, 0.2) is 0 Å². The van der Waals surface area contributed by atoms with Gasteiger partial charge in [-0.2, -0.15) is 0 Å². The van der Waals surface area contributed by atoms with Crippen molar-refractivity contribution in [3.63, 3.8) is 0 Å². The van der Waals surface area contributed by atoms with Gasteiger partial charge < -0.3 is 14.9 Å². The molecule has 1 fully saturated rings. The average Bonchev–Trinajstić information content (AvgIpc) is 2.53. The molecule has 0 aromatic rings. The van der Waals surface area contributed by atoms with E-state index in [9.17, 15) is 24.0 Å². The van der Waals surface area contributed by atoms with E-state index in [1.807, 2.05) is 0 Å².